The summed E-state index contributed by atoms with van der Waals surface area (Å²) in [5, 5.41) is 8.20. The van der Waals surface area contributed by atoms with E-state index < -0.39 is 5.91 Å². The number of nitrogens with zero attached hydrogens (tertiary/aromatic N) is 3. The summed E-state index contributed by atoms with van der Waals surface area (Å²) < 4.78 is 7.16. The van der Waals surface area contributed by atoms with E-state index in [2.05, 4.69) is 5.32 Å². The van der Waals surface area contributed by atoms with Crippen LogP contribution in [0.3, 0.4) is 0 Å². The highest BCUT2D eigenvalue weighted by molar-refractivity contribution is 6.36. The fourth-order valence-electron chi connectivity index (χ4n) is 4.12. The molecular weight excluding hydrogens is 523 g/mol. The van der Waals surface area contributed by atoms with Gasteiger partial charge in [-0.2, -0.15) is 5.10 Å². The number of nitrogens with one attached hydrogen (secondary N) is 1. The van der Waals surface area contributed by atoms with E-state index >= 15 is 0 Å². The highest BCUT2D eigenvalue weighted by Gasteiger charge is 2.24. The van der Waals surface area contributed by atoms with Crippen LogP contribution in [0.5, 0.6) is 0 Å². The Bertz CT molecular complexity index is 1480. The number of morpholine rings is 1. The molecule has 38 heavy (non-hydrogen) atoms. The molecule has 1 aromatic heterocycles. The maximum absolute atomic E-state index is 13.6. The van der Waals surface area contributed by atoms with Crippen LogP contribution >= 0.6 is 23.2 Å². The summed E-state index contributed by atoms with van der Waals surface area (Å²) in [5.41, 5.74) is 3.39. The van der Waals surface area contributed by atoms with Crippen LogP contribution < -0.4 is 5.32 Å². The second kappa shape index (κ2) is 11.6. The molecule has 2 heterocycles. The van der Waals surface area contributed by atoms with Gasteiger partial charge in [0.1, 0.15) is 5.70 Å². The van der Waals surface area contributed by atoms with Gasteiger partial charge in [-0.1, -0.05) is 71.7 Å². The number of halogens is 2. The van der Waals surface area contributed by atoms with E-state index in [0.29, 0.717) is 37.0 Å². The van der Waals surface area contributed by atoms with Crippen LogP contribution in [0.4, 0.5) is 0 Å². The average molecular weight is 547 g/mol. The predicted molar refractivity (Wildman–Crippen MR) is 148 cm³/mol. The van der Waals surface area contributed by atoms with Crippen molar-refractivity contribution in [2.75, 3.05) is 26.3 Å². The third-order valence-corrected chi connectivity index (χ3v) is 6.60. The van der Waals surface area contributed by atoms with Gasteiger partial charge in [-0.3, -0.25) is 9.59 Å². The van der Waals surface area contributed by atoms with Crippen molar-refractivity contribution in [3.63, 3.8) is 0 Å². The third-order valence-electron chi connectivity index (χ3n) is 6.05. The van der Waals surface area contributed by atoms with Crippen LogP contribution in [0.1, 0.15) is 16.1 Å². The molecule has 9 heteroatoms. The summed E-state index contributed by atoms with van der Waals surface area (Å²) in [6, 6.07) is 25.8. The summed E-state index contributed by atoms with van der Waals surface area (Å²) in [4.78, 5) is 28.5. The number of para-hydroxylation sites is 1. The monoisotopic (exact) mass is 546 g/mol. The quantitative estimate of drug-likeness (QED) is 0.325. The van der Waals surface area contributed by atoms with E-state index in [0.717, 1.165) is 16.9 Å². The number of rotatable bonds is 6. The molecule has 1 saturated heterocycles. The fraction of sp³-hybridized carbons (Fsp3) is 0.138. The summed E-state index contributed by atoms with van der Waals surface area (Å²) >= 11 is 12.3. The van der Waals surface area contributed by atoms with Gasteiger partial charge >= 0.3 is 0 Å². The van der Waals surface area contributed by atoms with Crippen molar-refractivity contribution in [2.45, 2.75) is 0 Å². The number of carbonyl (C=O) groups excluding carboxylic acids is 2. The fourth-order valence-corrected chi connectivity index (χ4v) is 4.62. The molecule has 7 nitrogen and oxygen atoms in total. The van der Waals surface area contributed by atoms with Crippen molar-refractivity contribution in [3.8, 4) is 16.9 Å². The van der Waals surface area contributed by atoms with Gasteiger partial charge in [0.05, 0.1) is 40.9 Å². The number of benzene rings is 3. The molecule has 1 aliphatic heterocycles. The Hall–Kier alpha value is -3.91. The van der Waals surface area contributed by atoms with Gasteiger partial charge in [-0.05, 0) is 42.5 Å². The highest BCUT2D eigenvalue weighted by atomic mass is 35.5. The van der Waals surface area contributed by atoms with Gasteiger partial charge in [-0.15, -0.1) is 0 Å². The first-order chi connectivity index (χ1) is 18.5. The largest absolute Gasteiger partial charge is 0.378 e. The molecule has 1 fully saturated rings. The van der Waals surface area contributed by atoms with Gasteiger partial charge in [-0.25, -0.2) is 4.68 Å². The Labute approximate surface area is 230 Å². The molecule has 0 spiro atoms. The Morgan fingerprint density at radius 2 is 1.58 bits per heavy atom. The number of hydrogen-bond donors (Lipinski definition) is 1. The molecule has 1 aliphatic rings. The Balaban J connectivity index is 1.59. The van der Waals surface area contributed by atoms with Crippen LogP contribution in [-0.2, 0) is 9.53 Å². The molecule has 4 aromatic rings. The van der Waals surface area contributed by atoms with E-state index in [4.69, 9.17) is 33.0 Å². The molecule has 192 valence electrons. The zero-order valence-electron chi connectivity index (χ0n) is 20.3. The topological polar surface area (TPSA) is 76.5 Å². The highest BCUT2D eigenvalue weighted by Crippen LogP contribution is 2.25. The molecular formula is C29H24Cl2N4O3. The van der Waals surface area contributed by atoms with Gasteiger partial charge in [0.2, 0.25) is 0 Å². The van der Waals surface area contributed by atoms with E-state index in [9.17, 15) is 9.59 Å². The van der Waals surface area contributed by atoms with Crippen molar-refractivity contribution < 1.29 is 14.3 Å². The minimum absolute atomic E-state index is 0.0969. The molecule has 3 aromatic carbocycles. The lowest BCUT2D eigenvalue weighted by molar-refractivity contribution is -0.131. The average Bonchev–Trinajstić information content (AvgIpc) is 3.37. The first-order valence-electron chi connectivity index (χ1n) is 12.1. The lowest BCUT2D eigenvalue weighted by atomic mass is 10.1. The molecule has 1 N–H and O–H groups in total. The van der Waals surface area contributed by atoms with Crippen LogP contribution in [0.25, 0.3) is 23.0 Å². The smallest absolute Gasteiger partial charge is 0.270 e. The maximum atomic E-state index is 13.6. The molecule has 5 rings (SSSR count). The maximum Gasteiger partial charge on any atom is 0.270 e. The van der Waals surface area contributed by atoms with E-state index in [1.54, 1.807) is 21.7 Å². The van der Waals surface area contributed by atoms with Crippen molar-refractivity contribution in [2.24, 2.45) is 0 Å². The third kappa shape index (κ3) is 5.81. The summed E-state index contributed by atoms with van der Waals surface area (Å²) in [5.74, 6) is -0.845. The summed E-state index contributed by atoms with van der Waals surface area (Å²) in [6.07, 6.45) is 1.64. The lowest BCUT2D eigenvalue weighted by Gasteiger charge is -2.28. The van der Waals surface area contributed by atoms with E-state index in [-0.39, 0.29) is 22.2 Å². The summed E-state index contributed by atoms with van der Waals surface area (Å²) in [7, 11) is 0. The van der Waals surface area contributed by atoms with E-state index in [1.165, 1.54) is 12.1 Å². The van der Waals surface area contributed by atoms with Gasteiger partial charge in [0.25, 0.3) is 11.8 Å². The van der Waals surface area contributed by atoms with Crippen LogP contribution in [0.2, 0.25) is 10.0 Å². The minimum atomic E-state index is -0.520. The number of carbonyl (C=O) groups is 2. The summed E-state index contributed by atoms with van der Waals surface area (Å²) in [6.45, 7) is 1.69. The van der Waals surface area contributed by atoms with Crippen LogP contribution in [0.15, 0.2) is 90.6 Å². The first-order valence-corrected chi connectivity index (χ1v) is 12.8. The second-order valence-electron chi connectivity index (χ2n) is 8.61. The van der Waals surface area contributed by atoms with Gasteiger partial charge in [0, 0.05) is 23.7 Å². The molecule has 0 aliphatic carbocycles. The molecule has 0 radical (unpaired) electrons. The zero-order valence-corrected chi connectivity index (χ0v) is 21.8. The minimum Gasteiger partial charge on any atom is -0.378 e. The molecule has 0 atom stereocenters. The van der Waals surface area contributed by atoms with Crippen molar-refractivity contribution in [3.05, 3.63) is 112 Å². The predicted octanol–water partition coefficient (Wildman–Crippen LogP) is 5.48. The number of hydrogen-bond acceptors (Lipinski definition) is 4. The Kier molecular flexibility index (Phi) is 7.89. The number of ether oxygens (including phenoxy) is 1. The molecule has 0 unspecified atom stereocenters. The SMILES string of the molecule is O=C(N/C(=C\c1cc(-c2ccccc2)nn1-c1ccccc1)C(=O)N1CCOCC1)c1ccc(Cl)cc1Cl. The van der Waals surface area contributed by atoms with Crippen LogP contribution in [-0.4, -0.2) is 52.8 Å². The Morgan fingerprint density at radius 1 is 0.895 bits per heavy atom. The van der Waals surface area contributed by atoms with Gasteiger partial charge in [0.15, 0.2) is 0 Å². The van der Waals surface area contributed by atoms with Gasteiger partial charge < -0.3 is 15.0 Å². The molecule has 0 saturated carbocycles. The lowest BCUT2D eigenvalue weighted by Crippen LogP contribution is -2.44. The van der Waals surface area contributed by atoms with Crippen LogP contribution in [0, 0.1) is 0 Å². The first kappa shape index (κ1) is 25.7. The zero-order chi connectivity index (χ0) is 26.5. The number of amides is 2. The Morgan fingerprint density at radius 3 is 2.26 bits per heavy atom. The van der Waals surface area contributed by atoms with E-state index in [1.807, 2.05) is 66.7 Å². The van der Waals surface area contributed by atoms with Crippen molar-refractivity contribution in [1.82, 2.24) is 20.0 Å². The van der Waals surface area contributed by atoms with Crippen molar-refractivity contribution in [1.29, 1.82) is 0 Å². The normalized spacial score (nSPS) is 13.8. The van der Waals surface area contributed by atoms with Crippen molar-refractivity contribution >= 4 is 41.1 Å². The second-order valence-corrected chi connectivity index (χ2v) is 9.45. The molecule has 2 amide bonds. The number of aromatic nitrogens is 2. The molecule has 0 bridgehead atoms. The standard InChI is InChI=1S/C29H24Cl2N4O3/c30-21-11-12-24(25(31)17-21)28(36)32-27(29(37)34-13-15-38-16-14-34)19-23-18-26(20-7-3-1-4-8-20)33-35(23)22-9-5-2-6-10-22/h1-12,17-19H,13-16H2,(H,32,36)/b27-19-.